The molecule has 0 radical (unpaired) electrons. The van der Waals surface area contributed by atoms with Gasteiger partial charge in [-0.05, 0) is 37.8 Å². The maximum atomic E-state index is 5.65. The third-order valence-electron chi connectivity index (χ3n) is 3.01. The molecule has 1 aliphatic rings. The first-order valence-corrected chi connectivity index (χ1v) is 5.15. The van der Waals surface area contributed by atoms with E-state index in [1.165, 1.54) is 19.3 Å². The topological polar surface area (TPSA) is 50.9 Å². The predicted octanol–water partition coefficient (Wildman–Crippen LogP) is 2.33. The molecule has 0 aliphatic heterocycles. The van der Waals surface area contributed by atoms with Crippen LogP contribution in [0.4, 0.5) is 11.5 Å². The van der Waals surface area contributed by atoms with Crippen LogP contribution in [0.5, 0.6) is 0 Å². The van der Waals surface area contributed by atoms with E-state index >= 15 is 0 Å². The van der Waals surface area contributed by atoms with Crippen molar-refractivity contribution in [1.29, 1.82) is 0 Å². The highest BCUT2D eigenvalue weighted by Gasteiger charge is 2.41. The van der Waals surface area contributed by atoms with E-state index in [1.807, 2.05) is 13.0 Å². The number of nitrogen functional groups attached to an aromatic ring is 1. The molecule has 0 saturated heterocycles. The van der Waals surface area contributed by atoms with E-state index in [9.17, 15) is 0 Å². The Kier molecular flexibility index (Phi) is 2.10. The first-order chi connectivity index (χ1) is 6.65. The molecule has 0 aromatic carbocycles. The Morgan fingerprint density at radius 1 is 1.57 bits per heavy atom. The van der Waals surface area contributed by atoms with Crippen molar-refractivity contribution in [2.45, 2.75) is 38.6 Å². The number of anilines is 2. The lowest BCUT2D eigenvalue weighted by molar-refractivity contribution is 0.696. The number of hydrogen-bond acceptors (Lipinski definition) is 3. The van der Waals surface area contributed by atoms with E-state index in [0.717, 1.165) is 17.1 Å². The number of rotatable bonds is 3. The van der Waals surface area contributed by atoms with Crippen LogP contribution in [0.3, 0.4) is 0 Å². The molecule has 0 atom stereocenters. The Morgan fingerprint density at radius 2 is 2.29 bits per heavy atom. The summed E-state index contributed by atoms with van der Waals surface area (Å²) in [4.78, 5) is 4.31. The molecule has 1 aromatic rings. The van der Waals surface area contributed by atoms with Crippen LogP contribution in [0.15, 0.2) is 12.3 Å². The Hall–Kier alpha value is -1.25. The number of hydrogen-bond donors (Lipinski definition) is 2. The average Bonchev–Trinajstić information content (AvgIpc) is 2.91. The molecule has 1 aromatic heterocycles. The highest BCUT2D eigenvalue weighted by Crippen LogP contribution is 2.41. The molecule has 0 amide bonds. The lowest BCUT2D eigenvalue weighted by atomic mass is 10.2. The smallest absolute Gasteiger partial charge is 0.129 e. The largest absolute Gasteiger partial charge is 0.397 e. The van der Waals surface area contributed by atoms with Crippen LogP contribution in [-0.4, -0.2) is 10.5 Å². The highest BCUT2D eigenvalue weighted by molar-refractivity contribution is 5.53. The Labute approximate surface area is 84.7 Å². The summed E-state index contributed by atoms with van der Waals surface area (Å²) in [5, 5.41) is 3.51. The average molecular weight is 191 g/mol. The van der Waals surface area contributed by atoms with Gasteiger partial charge in [-0.1, -0.05) is 6.92 Å². The minimum absolute atomic E-state index is 0.327. The SMILES string of the molecule is CCC1(Nc2ncc(N)cc2C)CC1. The maximum Gasteiger partial charge on any atom is 0.129 e. The predicted molar refractivity (Wildman–Crippen MR) is 59.3 cm³/mol. The van der Waals surface area contributed by atoms with Gasteiger partial charge in [0.05, 0.1) is 11.9 Å². The van der Waals surface area contributed by atoms with E-state index in [4.69, 9.17) is 5.73 Å². The van der Waals surface area contributed by atoms with Crippen LogP contribution in [0.25, 0.3) is 0 Å². The third kappa shape index (κ3) is 1.67. The van der Waals surface area contributed by atoms with Crippen molar-refractivity contribution in [2.75, 3.05) is 11.1 Å². The van der Waals surface area contributed by atoms with Crippen LogP contribution >= 0.6 is 0 Å². The van der Waals surface area contributed by atoms with Gasteiger partial charge in [0.25, 0.3) is 0 Å². The third-order valence-corrected chi connectivity index (χ3v) is 3.01. The van der Waals surface area contributed by atoms with Crippen LogP contribution in [0, 0.1) is 6.92 Å². The molecule has 1 heterocycles. The Morgan fingerprint density at radius 3 is 2.79 bits per heavy atom. The van der Waals surface area contributed by atoms with E-state index < -0.39 is 0 Å². The molecular formula is C11H17N3. The number of nitrogens with two attached hydrogens (primary N) is 1. The number of nitrogens with zero attached hydrogens (tertiary/aromatic N) is 1. The van der Waals surface area contributed by atoms with Crippen molar-refractivity contribution in [3.8, 4) is 0 Å². The van der Waals surface area contributed by atoms with E-state index in [2.05, 4.69) is 17.2 Å². The van der Waals surface area contributed by atoms with Crippen LogP contribution in [-0.2, 0) is 0 Å². The summed E-state index contributed by atoms with van der Waals surface area (Å²) < 4.78 is 0. The first kappa shape index (κ1) is 9.31. The second kappa shape index (κ2) is 3.15. The standard InChI is InChI=1S/C11H17N3/c1-3-11(4-5-11)14-10-8(2)6-9(12)7-13-10/h6-7H,3-5,12H2,1-2H3,(H,13,14). The van der Waals surface area contributed by atoms with Crippen molar-refractivity contribution in [3.63, 3.8) is 0 Å². The van der Waals surface area contributed by atoms with Crippen molar-refractivity contribution in [3.05, 3.63) is 17.8 Å². The molecule has 3 N–H and O–H groups in total. The molecule has 76 valence electrons. The van der Waals surface area contributed by atoms with Gasteiger partial charge < -0.3 is 11.1 Å². The van der Waals surface area contributed by atoms with Gasteiger partial charge in [0.2, 0.25) is 0 Å². The van der Waals surface area contributed by atoms with Crippen LogP contribution in [0.1, 0.15) is 31.7 Å². The number of nitrogens with one attached hydrogen (secondary N) is 1. The van der Waals surface area contributed by atoms with E-state index in [0.29, 0.717) is 5.54 Å². The van der Waals surface area contributed by atoms with Gasteiger partial charge in [-0.3, -0.25) is 0 Å². The number of pyridine rings is 1. The van der Waals surface area contributed by atoms with Gasteiger partial charge >= 0.3 is 0 Å². The van der Waals surface area contributed by atoms with Gasteiger partial charge in [0.1, 0.15) is 5.82 Å². The van der Waals surface area contributed by atoms with Crippen molar-refractivity contribution < 1.29 is 0 Å². The molecule has 0 bridgehead atoms. The summed E-state index contributed by atoms with van der Waals surface area (Å²) in [6.07, 6.45) is 5.39. The van der Waals surface area contributed by atoms with Gasteiger partial charge in [-0.2, -0.15) is 0 Å². The fourth-order valence-corrected chi connectivity index (χ4v) is 1.70. The number of aromatic nitrogens is 1. The molecule has 1 saturated carbocycles. The molecule has 3 heteroatoms. The van der Waals surface area contributed by atoms with Crippen LogP contribution < -0.4 is 11.1 Å². The molecule has 0 spiro atoms. The number of aryl methyl sites for hydroxylation is 1. The quantitative estimate of drug-likeness (QED) is 0.771. The summed E-state index contributed by atoms with van der Waals surface area (Å²) in [6.45, 7) is 4.25. The summed E-state index contributed by atoms with van der Waals surface area (Å²) >= 11 is 0. The monoisotopic (exact) mass is 191 g/mol. The minimum Gasteiger partial charge on any atom is -0.397 e. The lowest BCUT2D eigenvalue weighted by Crippen LogP contribution is -2.21. The molecular weight excluding hydrogens is 174 g/mol. The normalized spacial score (nSPS) is 17.9. The molecule has 2 rings (SSSR count). The first-order valence-electron chi connectivity index (χ1n) is 5.15. The summed E-state index contributed by atoms with van der Waals surface area (Å²) in [6, 6.07) is 1.96. The maximum absolute atomic E-state index is 5.65. The summed E-state index contributed by atoms with van der Waals surface area (Å²) in [5.74, 6) is 0.985. The van der Waals surface area contributed by atoms with Crippen molar-refractivity contribution in [1.82, 2.24) is 4.98 Å². The molecule has 1 fully saturated rings. The molecule has 0 unspecified atom stereocenters. The van der Waals surface area contributed by atoms with Gasteiger partial charge in [-0.15, -0.1) is 0 Å². The fourth-order valence-electron chi connectivity index (χ4n) is 1.70. The van der Waals surface area contributed by atoms with E-state index in [1.54, 1.807) is 6.20 Å². The molecule has 14 heavy (non-hydrogen) atoms. The summed E-state index contributed by atoms with van der Waals surface area (Å²) in [5.41, 5.74) is 7.84. The van der Waals surface area contributed by atoms with Gasteiger partial charge in [0.15, 0.2) is 0 Å². The molecule has 1 aliphatic carbocycles. The zero-order valence-electron chi connectivity index (χ0n) is 8.80. The van der Waals surface area contributed by atoms with E-state index in [-0.39, 0.29) is 0 Å². The zero-order valence-corrected chi connectivity index (χ0v) is 8.80. The summed E-state index contributed by atoms with van der Waals surface area (Å²) in [7, 11) is 0. The van der Waals surface area contributed by atoms with Gasteiger partial charge in [-0.25, -0.2) is 4.98 Å². The fraction of sp³-hybridized carbons (Fsp3) is 0.545. The van der Waals surface area contributed by atoms with Gasteiger partial charge in [0, 0.05) is 5.54 Å². The lowest BCUT2D eigenvalue weighted by Gasteiger charge is -2.17. The minimum atomic E-state index is 0.327. The second-order valence-electron chi connectivity index (χ2n) is 4.19. The van der Waals surface area contributed by atoms with Crippen molar-refractivity contribution >= 4 is 11.5 Å². The van der Waals surface area contributed by atoms with Crippen molar-refractivity contribution in [2.24, 2.45) is 0 Å². The second-order valence-corrected chi connectivity index (χ2v) is 4.19. The Bertz CT molecular complexity index is 342. The highest BCUT2D eigenvalue weighted by atomic mass is 15.1. The zero-order chi connectivity index (χ0) is 10.2. The Balaban J connectivity index is 2.17. The molecule has 3 nitrogen and oxygen atoms in total. The van der Waals surface area contributed by atoms with Crippen LogP contribution in [0.2, 0.25) is 0 Å².